The van der Waals surface area contributed by atoms with Crippen molar-refractivity contribution in [3.63, 3.8) is 0 Å². The second-order valence-electron chi connectivity index (χ2n) is 5.18. The van der Waals surface area contributed by atoms with Gasteiger partial charge >= 0.3 is 0 Å². The summed E-state index contributed by atoms with van der Waals surface area (Å²) in [6.45, 7) is 4.95. The molecule has 0 spiro atoms. The Morgan fingerprint density at radius 1 is 1.15 bits per heavy atom. The van der Waals surface area contributed by atoms with Crippen molar-refractivity contribution in [2.75, 3.05) is 12.3 Å². The SMILES string of the molecule is CC(C)C[S+]([O-])NCCc1ccc(-c2ccccc2)s1. The van der Waals surface area contributed by atoms with Gasteiger partial charge < -0.3 is 4.55 Å². The van der Waals surface area contributed by atoms with Gasteiger partial charge in [0.25, 0.3) is 0 Å². The number of hydrogen-bond donors (Lipinski definition) is 1. The van der Waals surface area contributed by atoms with Crippen LogP contribution < -0.4 is 4.72 Å². The first kappa shape index (κ1) is 15.6. The summed E-state index contributed by atoms with van der Waals surface area (Å²) in [6, 6.07) is 14.8. The average molecular weight is 307 g/mol. The second-order valence-corrected chi connectivity index (χ2v) is 7.66. The Balaban J connectivity index is 1.82. The Kier molecular flexibility index (Phi) is 6.10. The smallest absolute Gasteiger partial charge is 0.127 e. The Labute approximate surface area is 128 Å². The van der Waals surface area contributed by atoms with E-state index < -0.39 is 11.4 Å². The summed E-state index contributed by atoms with van der Waals surface area (Å²) >= 11 is 0.914. The van der Waals surface area contributed by atoms with Gasteiger partial charge in [-0.05, 0) is 30.0 Å². The fourth-order valence-corrected chi connectivity index (χ4v) is 3.99. The zero-order valence-corrected chi connectivity index (χ0v) is 13.6. The number of thiophene rings is 1. The number of nitrogens with one attached hydrogen (secondary N) is 1. The predicted molar refractivity (Wildman–Crippen MR) is 89.3 cm³/mol. The van der Waals surface area contributed by atoms with Crippen molar-refractivity contribution in [3.05, 3.63) is 47.3 Å². The highest BCUT2D eigenvalue weighted by Gasteiger charge is 2.09. The van der Waals surface area contributed by atoms with Crippen LogP contribution in [0.1, 0.15) is 18.7 Å². The van der Waals surface area contributed by atoms with Crippen molar-refractivity contribution in [3.8, 4) is 10.4 Å². The van der Waals surface area contributed by atoms with Gasteiger partial charge in [-0.3, -0.25) is 0 Å². The van der Waals surface area contributed by atoms with E-state index in [4.69, 9.17) is 0 Å². The van der Waals surface area contributed by atoms with Crippen LogP contribution in [0, 0.1) is 5.92 Å². The van der Waals surface area contributed by atoms with Gasteiger partial charge in [0.2, 0.25) is 0 Å². The topological polar surface area (TPSA) is 35.1 Å². The summed E-state index contributed by atoms with van der Waals surface area (Å²) in [4.78, 5) is 2.63. The molecule has 0 aliphatic rings. The van der Waals surface area contributed by atoms with E-state index in [2.05, 4.69) is 55.0 Å². The third kappa shape index (κ3) is 4.94. The molecule has 0 radical (unpaired) electrons. The molecule has 1 aromatic heterocycles. The van der Waals surface area contributed by atoms with Crippen LogP contribution in [0.3, 0.4) is 0 Å². The summed E-state index contributed by atoms with van der Waals surface area (Å²) in [6.07, 6.45) is 0.932. The van der Waals surface area contributed by atoms with Gasteiger partial charge in [0, 0.05) is 27.7 Å². The first-order valence-corrected chi connectivity index (χ1v) is 9.04. The summed E-state index contributed by atoms with van der Waals surface area (Å²) in [5, 5.41) is 0. The van der Waals surface area contributed by atoms with Crippen LogP contribution in [0.15, 0.2) is 42.5 Å². The molecule has 1 unspecified atom stereocenters. The highest BCUT2D eigenvalue weighted by molar-refractivity contribution is 7.89. The van der Waals surface area contributed by atoms with Crippen LogP contribution in [0.5, 0.6) is 0 Å². The minimum Gasteiger partial charge on any atom is -0.598 e. The number of rotatable bonds is 7. The Morgan fingerprint density at radius 2 is 1.90 bits per heavy atom. The van der Waals surface area contributed by atoms with Crippen LogP contribution >= 0.6 is 11.3 Å². The molecule has 2 nitrogen and oxygen atoms in total. The molecule has 2 aromatic rings. The fraction of sp³-hybridized carbons (Fsp3) is 0.375. The van der Waals surface area contributed by atoms with Crippen molar-refractivity contribution in [2.45, 2.75) is 20.3 Å². The lowest BCUT2D eigenvalue weighted by Crippen LogP contribution is -2.30. The van der Waals surface area contributed by atoms with Crippen molar-refractivity contribution >= 4 is 22.7 Å². The molecule has 1 N–H and O–H groups in total. The maximum absolute atomic E-state index is 11.7. The molecule has 0 saturated carbocycles. The van der Waals surface area contributed by atoms with Crippen LogP contribution in [0.4, 0.5) is 0 Å². The van der Waals surface area contributed by atoms with Crippen LogP contribution in [0.2, 0.25) is 0 Å². The highest BCUT2D eigenvalue weighted by Crippen LogP contribution is 2.27. The van der Waals surface area contributed by atoms with E-state index in [0.29, 0.717) is 5.92 Å². The van der Waals surface area contributed by atoms with Gasteiger partial charge in [0.1, 0.15) is 5.75 Å². The van der Waals surface area contributed by atoms with Crippen molar-refractivity contribution in [2.24, 2.45) is 5.92 Å². The molecule has 1 atom stereocenters. The highest BCUT2D eigenvalue weighted by atomic mass is 32.2. The lowest BCUT2D eigenvalue weighted by molar-refractivity contribution is 0.567. The molecule has 108 valence electrons. The third-order valence-electron chi connectivity index (χ3n) is 2.84. The normalized spacial score (nSPS) is 12.8. The van der Waals surface area contributed by atoms with Gasteiger partial charge in [-0.15, -0.1) is 16.1 Å². The van der Waals surface area contributed by atoms with E-state index in [9.17, 15) is 4.55 Å². The van der Waals surface area contributed by atoms with Gasteiger partial charge in [0.15, 0.2) is 0 Å². The molecule has 0 fully saturated rings. The fourth-order valence-electron chi connectivity index (χ4n) is 1.92. The number of hydrogen-bond acceptors (Lipinski definition) is 3. The standard InChI is InChI=1S/C16H21NOS2/c1-13(2)12-20(18)17-11-10-15-8-9-16(19-15)14-6-4-3-5-7-14/h3-9,13,17H,10-12H2,1-2H3. The molecular formula is C16H21NOS2. The molecule has 0 aliphatic heterocycles. The minimum atomic E-state index is -0.898. The van der Waals surface area contributed by atoms with E-state index >= 15 is 0 Å². The van der Waals surface area contributed by atoms with E-state index in [1.807, 2.05) is 17.4 Å². The third-order valence-corrected chi connectivity index (χ3v) is 5.53. The van der Waals surface area contributed by atoms with Crippen LogP contribution in [-0.2, 0) is 17.8 Å². The summed E-state index contributed by atoms with van der Waals surface area (Å²) in [5.74, 6) is 1.19. The van der Waals surface area contributed by atoms with Gasteiger partial charge in [0.05, 0.1) is 0 Å². The quantitative estimate of drug-likeness (QED) is 0.788. The molecular weight excluding hydrogens is 286 g/mol. The Morgan fingerprint density at radius 3 is 2.60 bits per heavy atom. The van der Waals surface area contributed by atoms with Crippen molar-refractivity contribution in [1.82, 2.24) is 4.72 Å². The first-order chi connectivity index (χ1) is 9.65. The average Bonchev–Trinajstić information content (AvgIpc) is 2.88. The molecule has 4 heteroatoms. The Hall–Kier alpha value is -0.810. The first-order valence-electron chi connectivity index (χ1n) is 6.91. The van der Waals surface area contributed by atoms with Gasteiger partial charge in [-0.25, -0.2) is 0 Å². The van der Waals surface area contributed by atoms with E-state index in [-0.39, 0.29) is 0 Å². The van der Waals surface area contributed by atoms with Crippen LogP contribution in [0.25, 0.3) is 10.4 Å². The van der Waals surface area contributed by atoms with E-state index in [1.54, 1.807) is 0 Å². The summed E-state index contributed by atoms with van der Waals surface area (Å²) in [7, 11) is 0. The summed E-state index contributed by atoms with van der Waals surface area (Å²) in [5.41, 5.74) is 1.26. The number of benzene rings is 1. The second kappa shape index (κ2) is 7.84. The molecule has 1 heterocycles. The molecule has 0 saturated heterocycles. The zero-order chi connectivity index (χ0) is 14.4. The lowest BCUT2D eigenvalue weighted by atomic mass is 10.2. The zero-order valence-electron chi connectivity index (χ0n) is 12.0. The van der Waals surface area contributed by atoms with Gasteiger partial charge in [-0.1, -0.05) is 44.2 Å². The molecule has 2 rings (SSSR count). The maximum Gasteiger partial charge on any atom is 0.127 e. The molecule has 1 aromatic carbocycles. The van der Waals surface area contributed by atoms with E-state index in [1.165, 1.54) is 15.3 Å². The predicted octanol–water partition coefficient (Wildman–Crippen LogP) is 3.87. The monoisotopic (exact) mass is 307 g/mol. The Bertz CT molecular complexity index is 510. The molecule has 0 bridgehead atoms. The molecule has 0 aliphatic carbocycles. The van der Waals surface area contributed by atoms with Crippen LogP contribution in [-0.4, -0.2) is 16.9 Å². The van der Waals surface area contributed by atoms with E-state index in [0.717, 1.165) is 18.7 Å². The van der Waals surface area contributed by atoms with Gasteiger partial charge in [-0.2, -0.15) is 0 Å². The van der Waals surface area contributed by atoms with Crippen molar-refractivity contribution in [1.29, 1.82) is 0 Å². The summed E-state index contributed by atoms with van der Waals surface area (Å²) < 4.78 is 14.8. The molecule has 0 amide bonds. The van der Waals surface area contributed by atoms with Crippen molar-refractivity contribution < 1.29 is 4.55 Å². The maximum atomic E-state index is 11.7. The molecule has 20 heavy (non-hydrogen) atoms. The lowest BCUT2D eigenvalue weighted by Gasteiger charge is -2.12. The minimum absolute atomic E-state index is 0.467. The largest absolute Gasteiger partial charge is 0.598 e.